The lowest BCUT2D eigenvalue weighted by atomic mass is 10.0. The van der Waals surface area contributed by atoms with Gasteiger partial charge in [0.15, 0.2) is 5.13 Å². The molecule has 6 heteroatoms. The lowest BCUT2D eigenvalue weighted by molar-refractivity contribution is -0.115. The van der Waals surface area contributed by atoms with Crippen LogP contribution in [0.3, 0.4) is 0 Å². The van der Waals surface area contributed by atoms with Gasteiger partial charge in [-0.25, -0.2) is 4.98 Å². The standard InChI is InChI=1S/C22H25N3O2S/c23-22-25-19(15-28-22)14-21(27)24-18-12-10-16(11-13-18)6-4-5-9-20(26)17-7-2-1-3-8-17/h1-3,7-8,10-13,15,20,26H,4-6,9,14H2,(H2,23,25)(H,24,27)/t20-/m0/s1/i15D. The lowest BCUT2D eigenvalue weighted by Gasteiger charge is -2.10. The molecule has 1 heterocycles. The van der Waals surface area contributed by atoms with Gasteiger partial charge >= 0.3 is 0 Å². The number of nitrogen functional groups attached to an aromatic ring is 1. The zero-order valence-corrected chi connectivity index (χ0v) is 16.4. The van der Waals surface area contributed by atoms with E-state index < -0.39 is 6.10 Å². The number of rotatable bonds is 9. The SMILES string of the molecule is [2H]c1sc(N)nc1CC(=O)Nc1ccc(CCCC[C@H](O)c2ccccc2)cc1. The fraction of sp³-hybridized carbons (Fsp3) is 0.273. The molecular weight excluding hydrogens is 370 g/mol. The van der Waals surface area contributed by atoms with E-state index in [1.807, 2.05) is 54.6 Å². The number of aryl methyl sites for hydroxylation is 1. The average molecular weight is 397 g/mol. The maximum Gasteiger partial charge on any atom is 0.230 e. The van der Waals surface area contributed by atoms with Crippen molar-refractivity contribution in [3.05, 3.63) is 76.8 Å². The molecule has 28 heavy (non-hydrogen) atoms. The first-order valence-electron chi connectivity index (χ1n) is 9.85. The number of thiazole rings is 1. The highest BCUT2D eigenvalue weighted by Gasteiger charge is 2.08. The maximum absolute atomic E-state index is 12.1. The van der Waals surface area contributed by atoms with E-state index in [-0.39, 0.29) is 17.7 Å². The Labute approximate surface area is 170 Å². The van der Waals surface area contributed by atoms with Crippen molar-refractivity contribution in [3.8, 4) is 0 Å². The van der Waals surface area contributed by atoms with Gasteiger partial charge in [-0.15, -0.1) is 11.3 Å². The summed E-state index contributed by atoms with van der Waals surface area (Å²) in [6, 6.07) is 17.5. The van der Waals surface area contributed by atoms with Gasteiger partial charge in [0.2, 0.25) is 5.91 Å². The van der Waals surface area contributed by atoms with Crippen LogP contribution in [0.25, 0.3) is 0 Å². The van der Waals surface area contributed by atoms with Crippen LogP contribution in [0.15, 0.2) is 60.0 Å². The van der Waals surface area contributed by atoms with E-state index in [0.29, 0.717) is 16.5 Å². The van der Waals surface area contributed by atoms with E-state index in [2.05, 4.69) is 10.3 Å². The fourth-order valence-electron chi connectivity index (χ4n) is 2.99. The number of anilines is 2. The largest absolute Gasteiger partial charge is 0.388 e. The normalized spacial score (nSPS) is 12.4. The monoisotopic (exact) mass is 396 g/mol. The summed E-state index contributed by atoms with van der Waals surface area (Å²) in [5.41, 5.74) is 8.84. The van der Waals surface area contributed by atoms with Crippen LogP contribution >= 0.6 is 11.3 Å². The summed E-state index contributed by atoms with van der Waals surface area (Å²) in [6.45, 7) is 0. The fourth-order valence-corrected chi connectivity index (χ4v) is 3.48. The van der Waals surface area contributed by atoms with Gasteiger partial charge in [-0.2, -0.15) is 0 Å². The minimum atomic E-state index is -0.411. The van der Waals surface area contributed by atoms with E-state index in [0.717, 1.165) is 42.6 Å². The van der Waals surface area contributed by atoms with E-state index in [1.165, 1.54) is 5.56 Å². The first-order valence-corrected chi connectivity index (χ1v) is 10.2. The molecule has 0 spiro atoms. The summed E-state index contributed by atoms with van der Waals surface area (Å²) in [5.74, 6) is -0.216. The van der Waals surface area contributed by atoms with Crippen molar-refractivity contribution < 1.29 is 11.3 Å². The zero-order chi connectivity index (χ0) is 20.6. The molecule has 1 amide bonds. The van der Waals surface area contributed by atoms with Crippen molar-refractivity contribution in [2.24, 2.45) is 0 Å². The van der Waals surface area contributed by atoms with Crippen LogP contribution in [0.4, 0.5) is 10.8 Å². The summed E-state index contributed by atoms with van der Waals surface area (Å²) in [5, 5.41) is 13.6. The summed E-state index contributed by atoms with van der Waals surface area (Å²) in [4.78, 5) is 16.1. The van der Waals surface area contributed by atoms with Crippen LogP contribution in [0.2, 0.25) is 0 Å². The molecule has 0 saturated heterocycles. The third-order valence-corrected chi connectivity index (χ3v) is 5.10. The molecular formula is C22H25N3O2S. The molecule has 0 aliphatic carbocycles. The Kier molecular flexibility index (Phi) is 6.67. The Balaban J connectivity index is 1.40. The molecule has 0 unspecified atom stereocenters. The third kappa shape index (κ3) is 6.18. The van der Waals surface area contributed by atoms with E-state index in [4.69, 9.17) is 7.10 Å². The number of amides is 1. The van der Waals surface area contributed by atoms with Crippen molar-refractivity contribution in [1.82, 2.24) is 4.98 Å². The number of hydrogen-bond donors (Lipinski definition) is 3. The first-order chi connectivity index (χ1) is 14.0. The molecule has 5 nitrogen and oxygen atoms in total. The molecule has 3 aromatic rings. The Morgan fingerprint density at radius 2 is 1.93 bits per heavy atom. The van der Waals surface area contributed by atoms with Crippen LogP contribution in [-0.4, -0.2) is 16.0 Å². The summed E-state index contributed by atoms with van der Waals surface area (Å²) in [6.07, 6.45) is 3.24. The molecule has 0 saturated carbocycles. The van der Waals surface area contributed by atoms with Crippen LogP contribution in [0.1, 0.15) is 43.6 Å². The number of nitrogens with two attached hydrogens (primary N) is 1. The second-order valence-electron chi connectivity index (χ2n) is 6.69. The molecule has 0 aliphatic rings. The minimum absolute atomic E-state index is 0.0397. The summed E-state index contributed by atoms with van der Waals surface area (Å²) in [7, 11) is 0. The van der Waals surface area contributed by atoms with Crippen LogP contribution in [0.5, 0.6) is 0 Å². The molecule has 146 valence electrons. The molecule has 3 rings (SSSR count). The Morgan fingerprint density at radius 1 is 1.18 bits per heavy atom. The number of nitrogens with zero attached hydrogens (tertiary/aromatic N) is 1. The highest BCUT2D eigenvalue weighted by Crippen LogP contribution is 2.20. The van der Waals surface area contributed by atoms with Crippen LogP contribution in [-0.2, 0) is 17.6 Å². The van der Waals surface area contributed by atoms with Crippen molar-refractivity contribution in [2.45, 2.75) is 38.2 Å². The molecule has 1 atom stereocenters. The summed E-state index contributed by atoms with van der Waals surface area (Å²) < 4.78 is 7.73. The topological polar surface area (TPSA) is 88.2 Å². The number of nitrogens with one attached hydrogen (secondary N) is 1. The minimum Gasteiger partial charge on any atom is -0.388 e. The molecule has 4 N–H and O–H groups in total. The van der Waals surface area contributed by atoms with Crippen molar-refractivity contribution in [2.75, 3.05) is 11.1 Å². The smallest absolute Gasteiger partial charge is 0.230 e. The van der Waals surface area contributed by atoms with E-state index in [1.54, 1.807) is 0 Å². The van der Waals surface area contributed by atoms with Gasteiger partial charge in [-0.05, 0) is 42.5 Å². The Hall–Kier alpha value is -2.70. The average Bonchev–Trinajstić information content (AvgIpc) is 3.03. The second kappa shape index (κ2) is 10.0. The molecule has 0 radical (unpaired) electrons. The van der Waals surface area contributed by atoms with Gasteiger partial charge in [0.1, 0.15) is 0 Å². The highest BCUT2D eigenvalue weighted by molar-refractivity contribution is 7.13. The molecule has 2 aromatic carbocycles. The van der Waals surface area contributed by atoms with Gasteiger partial charge in [0.25, 0.3) is 0 Å². The van der Waals surface area contributed by atoms with Crippen LogP contribution < -0.4 is 11.1 Å². The third-order valence-electron chi connectivity index (χ3n) is 4.46. The van der Waals surface area contributed by atoms with Gasteiger partial charge in [-0.3, -0.25) is 4.79 Å². The van der Waals surface area contributed by atoms with Crippen molar-refractivity contribution in [3.63, 3.8) is 0 Å². The Bertz CT molecular complexity index is 929. The van der Waals surface area contributed by atoms with E-state index >= 15 is 0 Å². The molecule has 0 aliphatic heterocycles. The molecule has 0 fully saturated rings. The maximum atomic E-state index is 12.1. The number of carbonyl (C=O) groups excluding carboxylic acids is 1. The number of hydrogen-bond acceptors (Lipinski definition) is 5. The number of aromatic nitrogens is 1. The predicted octanol–water partition coefficient (Wildman–Crippen LogP) is 4.35. The van der Waals surface area contributed by atoms with Gasteiger partial charge in [0, 0.05) is 11.0 Å². The lowest BCUT2D eigenvalue weighted by Crippen LogP contribution is -2.14. The molecule has 0 bridgehead atoms. The number of unbranched alkanes of at least 4 members (excludes halogenated alkanes) is 1. The second-order valence-corrected chi connectivity index (χ2v) is 7.52. The van der Waals surface area contributed by atoms with Crippen molar-refractivity contribution >= 4 is 28.1 Å². The number of aliphatic hydroxyl groups excluding tert-OH is 1. The van der Waals surface area contributed by atoms with Gasteiger partial charge < -0.3 is 16.2 Å². The number of aliphatic hydroxyl groups is 1. The van der Waals surface area contributed by atoms with Gasteiger partial charge in [0.05, 0.1) is 19.6 Å². The number of benzene rings is 2. The van der Waals surface area contributed by atoms with Crippen LogP contribution in [0, 0.1) is 0 Å². The zero-order valence-electron chi connectivity index (χ0n) is 16.6. The highest BCUT2D eigenvalue weighted by atomic mass is 32.1. The van der Waals surface area contributed by atoms with Gasteiger partial charge in [-0.1, -0.05) is 48.9 Å². The first kappa shape index (κ1) is 18.7. The van der Waals surface area contributed by atoms with E-state index in [9.17, 15) is 9.90 Å². The van der Waals surface area contributed by atoms with Crippen molar-refractivity contribution in [1.29, 1.82) is 0 Å². The predicted molar refractivity (Wildman–Crippen MR) is 114 cm³/mol. The summed E-state index contributed by atoms with van der Waals surface area (Å²) >= 11 is 1.07. The molecule has 1 aromatic heterocycles. The number of carbonyl (C=O) groups is 1. The quantitative estimate of drug-likeness (QED) is 0.469. The Morgan fingerprint density at radius 3 is 2.61 bits per heavy atom.